The van der Waals surface area contributed by atoms with Crippen molar-refractivity contribution in [1.29, 1.82) is 0 Å². The molecular weight excluding hydrogens is 948 g/mol. The van der Waals surface area contributed by atoms with Crippen LogP contribution in [0.3, 0.4) is 0 Å². The van der Waals surface area contributed by atoms with Gasteiger partial charge in [-0.2, -0.15) is 27.8 Å². The molecule has 10 nitrogen and oxygen atoms in total. The summed E-state index contributed by atoms with van der Waals surface area (Å²) in [5.41, 5.74) is 6.01. The summed E-state index contributed by atoms with van der Waals surface area (Å²) in [6, 6.07) is 31.1. The normalized spacial score (nSPS) is 10.6. The molecule has 0 spiro atoms. The number of aromatic nitrogens is 4. The fourth-order valence-corrected chi connectivity index (χ4v) is 6.10. The van der Waals surface area contributed by atoms with E-state index in [1.807, 2.05) is 24.3 Å². The van der Waals surface area contributed by atoms with E-state index < -0.39 is 13.2 Å². The van der Waals surface area contributed by atoms with Crippen LogP contribution in [0.1, 0.15) is 22.3 Å². The van der Waals surface area contributed by atoms with Crippen LogP contribution in [0, 0.1) is 0 Å². The molecule has 2 heterocycles. The van der Waals surface area contributed by atoms with Crippen LogP contribution in [0.25, 0.3) is 22.5 Å². The Labute approximate surface area is 350 Å². The van der Waals surface area contributed by atoms with Gasteiger partial charge in [-0.05, 0) is 70.8 Å². The summed E-state index contributed by atoms with van der Waals surface area (Å²) in [5.74, 6) is 0.181. The molecule has 0 atom stereocenters. The molecule has 2 aromatic heterocycles. The van der Waals surface area contributed by atoms with Gasteiger partial charge in [0.25, 0.3) is 11.1 Å². The standard InChI is InChI=1S/C20H17BrF2N2O3.C12H10F2N2O3.C8H8Br2/c1-27-17-7-5-15(10-18(17)28-20(22)23)16-6-8-19(26)25(24-16)12-14-4-2-3-13(9-14)11-21;1-18-9-4-2-7(6-10(9)19-12(13)14)8-3-5-11(17)16-15-8;9-5-7-2-1-3-8(4-7)6-10/h2-10,20H,11-12H2,1H3;2-6,12H,1H3,(H,16,17);1-4H,5-6H2. The lowest BCUT2D eigenvalue weighted by Crippen LogP contribution is -2.22. The van der Waals surface area contributed by atoms with Crippen LogP contribution >= 0.6 is 47.8 Å². The van der Waals surface area contributed by atoms with E-state index in [-0.39, 0.29) is 34.1 Å². The molecule has 57 heavy (non-hydrogen) atoms. The van der Waals surface area contributed by atoms with Crippen LogP contribution in [0.15, 0.2) is 119 Å². The van der Waals surface area contributed by atoms with E-state index in [9.17, 15) is 27.2 Å². The van der Waals surface area contributed by atoms with Gasteiger partial charge >= 0.3 is 13.2 Å². The third-order valence-corrected chi connectivity index (χ3v) is 9.62. The number of nitrogens with zero attached hydrogens (tertiary/aromatic N) is 3. The molecule has 0 unspecified atom stereocenters. The second kappa shape index (κ2) is 22.7. The van der Waals surface area contributed by atoms with Gasteiger partial charge in [-0.1, -0.05) is 96.3 Å². The number of rotatable bonds is 13. The number of methoxy groups -OCH3 is 2. The topological polar surface area (TPSA) is 118 Å². The number of hydrogen-bond acceptors (Lipinski definition) is 8. The van der Waals surface area contributed by atoms with E-state index in [0.29, 0.717) is 34.4 Å². The van der Waals surface area contributed by atoms with Crippen LogP contribution < -0.4 is 30.1 Å². The van der Waals surface area contributed by atoms with E-state index >= 15 is 0 Å². The van der Waals surface area contributed by atoms with Crippen molar-refractivity contribution in [3.05, 3.63) is 152 Å². The molecule has 4 aromatic carbocycles. The third-order valence-electron chi connectivity index (χ3n) is 7.67. The number of halogens is 7. The predicted molar refractivity (Wildman–Crippen MR) is 220 cm³/mol. The lowest BCUT2D eigenvalue weighted by molar-refractivity contribution is -0.0518. The summed E-state index contributed by atoms with van der Waals surface area (Å²) >= 11 is 10.2. The maximum absolute atomic E-state index is 12.6. The highest BCUT2D eigenvalue weighted by Crippen LogP contribution is 2.34. The number of alkyl halides is 7. The SMILES string of the molecule is BrCc1cccc(CBr)c1.COc1ccc(-c2ccc(=O)[nH]n2)cc1OC(F)F.COc1ccc(-c2ccc(=O)n(Cc3cccc(CBr)c3)n2)cc1OC(F)F. The molecule has 17 heteroatoms. The van der Waals surface area contributed by atoms with Gasteiger partial charge in [-0.3, -0.25) is 9.59 Å². The summed E-state index contributed by atoms with van der Waals surface area (Å²) in [7, 11) is 2.72. The molecular formula is C40H35Br3F4N4O6. The Kier molecular flexibility index (Phi) is 17.8. The number of benzene rings is 4. The molecule has 300 valence electrons. The van der Waals surface area contributed by atoms with Crippen LogP contribution in [0.5, 0.6) is 23.0 Å². The van der Waals surface area contributed by atoms with Crippen molar-refractivity contribution in [1.82, 2.24) is 20.0 Å². The second-order valence-electron chi connectivity index (χ2n) is 11.5. The zero-order chi connectivity index (χ0) is 41.3. The Bertz CT molecular complexity index is 2290. The zero-order valence-corrected chi connectivity index (χ0v) is 35.1. The van der Waals surface area contributed by atoms with Crippen LogP contribution in [0.4, 0.5) is 17.6 Å². The predicted octanol–water partition coefficient (Wildman–Crippen LogP) is 9.99. The van der Waals surface area contributed by atoms with Crippen LogP contribution in [0.2, 0.25) is 0 Å². The molecule has 0 saturated heterocycles. The molecule has 0 saturated carbocycles. The van der Waals surface area contributed by atoms with Gasteiger partial charge in [0, 0.05) is 39.2 Å². The summed E-state index contributed by atoms with van der Waals surface area (Å²) in [6.45, 7) is -5.63. The average molecular weight is 983 g/mol. The van der Waals surface area contributed by atoms with Crippen LogP contribution in [-0.2, 0) is 22.5 Å². The highest BCUT2D eigenvalue weighted by Gasteiger charge is 2.15. The fourth-order valence-electron chi connectivity index (χ4n) is 5.05. The van der Waals surface area contributed by atoms with Gasteiger partial charge in [0.1, 0.15) is 0 Å². The van der Waals surface area contributed by atoms with Crippen molar-refractivity contribution in [2.24, 2.45) is 0 Å². The van der Waals surface area contributed by atoms with E-state index in [1.165, 1.54) is 72.5 Å². The monoisotopic (exact) mass is 980 g/mol. The van der Waals surface area contributed by atoms with E-state index in [1.54, 1.807) is 18.2 Å². The molecule has 1 N–H and O–H groups in total. The third kappa shape index (κ3) is 13.9. The van der Waals surface area contributed by atoms with Gasteiger partial charge in [-0.15, -0.1) is 0 Å². The first-order valence-electron chi connectivity index (χ1n) is 16.7. The molecule has 0 amide bonds. The molecule has 0 aliphatic rings. The van der Waals surface area contributed by atoms with Crippen LogP contribution in [-0.4, -0.2) is 47.4 Å². The second-order valence-corrected chi connectivity index (χ2v) is 13.2. The molecule has 0 aliphatic heterocycles. The van der Waals surface area contributed by atoms with Crippen molar-refractivity contribution < 1.29 is 36.5 Å². The molecule has 0 aliphatic carbocycles. The van der Waals surface area contributed by atoms with Crippen molar-refractivity contribution in [3.8, 4) is 45.5 Å². The summed E-state index contributed by atoms with van der Waals surface area (Å²) in [6.07, 6.45) is 0. The highest BCUT2D eigenvalue weighted by atomic mass is 79.9. The van der Waals surface area contributed by atoms with Gasteiger partial charge < -0.3 is 18.9 Å². The number of H-pyrrole nitrogens is 1. The van der Waals surface area contributed by atoms with E-state index in [2.05, 4.69) is 96.8 Å². The van der Waals surface area contributed by atoms with Crippen molar-refractivity contribution in [2.45, 2.75) is 35.8 Å². The van der Waals surface area contributed by atoms with Crippen molar-refractivity contribution >= 4 is 47.8 Å². The molecule has 0 fully saturated rings. The van der Waals surface area contributed by atoms with Gasteiger partial charge in [0.05, 0.1) is 32.2 Å². The highest BCUT2D eigenvalue weighted by molar-refractivity contribution is 9.09. The number of aromatic amines is 1. The minimum atomic E-state index is -2.98. The Morgan fingerprint density at radius 3 is 1.53 bits per heavy atom. The first-order chi connectivity index (χ1) is 27.5. The lowest BCUT2D eigenvalue weighted by Gasteiger charge is -2.12. The van der Waals surface area contributed by atoms with Gasteiger partial charge in [0.15, 0.2) is 23.0 Å². The summed E-state index contributed by atoms with van der Waals surface area (Å²) in [5, 5.41) is 13.0. The minimum absolute atomic E-state index is 0.0944. The Morgan fingerprint density at radius 1 is 0.596 bits per heavy atom. The zero-order valence-electron chi connectivity index (χ0n) is 30.3. The number of hydrogen-bond donors (Lipinski definition) is 1. The smallest absolute Gasteiger partial charge is 0.387 e. The van der Waals surface area contributed by atoms with E-state index in [0.717, 1.165) is 21.8 Å². The lowest BCUT2D eigenvalue weighted by atomic mass is 10.1. The fraction of sp³-hybridized carbons (Fsp3) is 0.200. The quantitative estimate of drug-likeness (QED) is 0.0899. The Balaban J connectivity index is 0.000000213. The molecule has 0 bridgehead atoms. The molecule has 0 radical (unpaired) electrons. The largest absolute Gasteiger partial charge is 0.493 e. The number of nitrogens with one attached hydrogen (secondary N) is 1. The van der Waals surface area contributed by atoms with E-state index in [4.69, 9.17) is 9.47 Å². The molecule has 6 aromatic rings. The first-order valence-corrected chi connectivity index (χ1v) is 20.1. The van der Waals surface area contributed by atoms with Gasteiger partial charge in [-0.25, -0.2) is 9.78 Å². The van der Waals surface area contributed by atoms with Crippen molar-refractivity contribution in [3.63, 3.8) is 0 Å². The molecule has 6 rings (SSSR count). The Morgan fingerprint density at radius 2 is 1.07 bits per heavy atom. The van der Waals surface area contributed by atoms with Gasteiger partial charge in [0.2, 0.25) is 0 Å². The summed E-state index contributed by atoms with van der Waals surface area (Å²) < 4.78 is 70.0. The Hall–Kier alpha value is -5.00. The maximum Gasteiger partial charge on any atom is 0.387 e. The van der Waals surface area contributed by atoms with Crippen molar-refractivity contribution in [2.75, 3.05) is 14.2 Å². The maximum atomic E-state index is 12.6. The summed E-state index contributed by atoms with van der Waals surface area (Å²) in [4.78, 5) is 23.1. The average Bonchev–Trinajstić information content (AvgIpc) is 3.22. The number of ether oxygens (including phenoxy) is 4. The first kappa shape index (κ1) is 44.7. The minimum Gasteiger partial charge on any atom is -0.493 e.